The largest absolute Gasteiger partial charge is 0.418 e. The van der Waals surface area contributed by atoms with Crippen molar-refractivity contribution in [3.8, 4) is 5.88 Å². The van der Waals surface area contributed by atoms with E-state index in [1.165, 1.54) is 36.5 Å². The molecule has 0 spiro atoms. The average Bonchev–Trinajstić information content (AvgIpc) is 3.05. The quantitative estimate of drug-likeness (QED) is 0.684. The van der Waals surface area contributed by atoms with Crippen LogP contribution < -0.4 is 15.8 Å². The van der Waals surface area contributed by atoms with Gasteiger partial charge < -0.3 is 15.0 Å². The van der Waals surface area contributed by atoms with Crippen molar-refractivity contribution in [1.29, 1.82) is 0 Å². The summed E-state index contributed by atoms with van der Waals surface area (Å²) in [5, 5.41) is 2.46. The van der Waals surface area contributed by atoms with Gasteiger partial charge in [-0.25, -0.2) is 22.9 Å². The standard InChI is InChI=1S/C20H16F3N5O2/c1-20(10-28-9-12(22)6-16(28)18(24)27-20)14-7-13(3-4-15(14)23)26-19(29)30-17-5-2-11(21)8-25-17/h2-9H,10H2,1H3,(H2,24,27)(H,26,29)/t20-/m0/s1. The molecule has 1 atom stereocenters. The van der Waals surface area contributed by atoms with E-state index in [-0.39, 0.29) is 29.5 Å². The summed E-state index contributed by atoms with van der Waals surface area (Å²) in [6.45, 7) is 1.81. The number of carbonyl (C=O) groups is 1. The SMILES string of the molecule is C[C@@]1(c2cc(NC(=O)Oc3ccc(F)cn3)ccc2F)Cn2cc(F)cc2C(N)=N1. The normalized spacial score (nSPS) is 17.8. The minimum atomic E-state index is -1.13. The van der Waals surface area contributed by atoms with Crippen molar-refractivity contribution in [2.75, 3.05) is 5.32 Å². The number of benzene rings is 1. The van der Waals surface area contributed by atoms with Crippen molar-refractivity contribution in [3.05, 3.63) is 77.5 Å². The molecule has 1 aliphatic rings. The molecule has 3 N–H and O–H groups in total. The Bertz CT molecular complexity index is 1160. The number of hydrogen-bond acceptors (Lipinski definition) is 5. The first-order valence-corrected chi connectivity index (χ1v) is 8.85. The molecule has 10 heteroatoms. The molecule has 154 valence electrons. The molecule has 1 aliphatic heterocycles. The smallest absolute Gasteiger partial charge is 0.391 e. The number of nitrogens with two attached hydrogens (primary N) is 1. The lowest BCUT2D eigenvalue weighted by Gasteiger charge is -2.32. The predicted octanol–water partition coefficient (Wildman–Crippen LogP) is 3.55. The Morgan fingerprint density at radius 3 is 2.73 bits per heavy atom. The molecule has 0 saturated heterocycles. The predicted molar refractivity (Wildman–Crippen MR) is 103 cm³/mol. The third-order valence-corrected chi connectivity index (χ3v) is 4.66. The van der Waals surface area contributed by atoms with Gasteiger partial charge >= 0.3 is 6.09 Å². The minimum absolute atomic E-state index is 0.0761. The summed E-state index contributed by atoms with van der Waals surface area (Å²) in [4.78, 5) is 20.1. The molecule has 0 fully saturated rings. The second-order valence-corrected chi connectivity index (χ2v) is 6.97. The maximum absolute atomic E-state index is 14.6. The van der Waals surface area contributed by atoms with Gasteiger partial charge in [0.05, 0.1) is 18.4 Å². The first-order valence-electron chi connectivity index (χ1n) is 8.85. The fraction of sp³-hybridized carbons (Fsp3) is 0.150. The number of ether oxygens (including phenoxy) is 1. The lowest BCUT2D eigenvalue weighted by Crippen LogP contribution is -2.37. The number of aromatic nitrogens is 2. The number of pyridine rings is 1. The lowest BCUT2D eigenvalue weighted by atomic mass is 9.90. The van der Waals surface area contributed by atoms with Crippen molar-refractivity contribution < 1.29 is 22.7 Å². The zero-order valence-electron chi connectivity index (χ0n) is 15.7. The molecule has 1 aromatic carbocycles. The zero-order valence-corrected chi connectivity index (χ0v) is 15.7. The monoisotopic (exact) mass is 415 g/mol. The van der Waals surface area contributed by atoms with Crippen LogP contribution in [0.4, 0.5) is 23.7 Å². The van der Waals surface area contributed by atoms with E-state index >= 15 is 0 Å². The molecule has 4 rings (SSSR count). The van der Waals surface area contributed by atoms with Gasteiger partial charge in [0.2, 0.25) is 5.88 Å². The fourth-order valence-electron chi connectivity index (χ4n) is 3.33. The third-order valence-electron chi connectivity index (χ3n) is 4.66. The number of rotatable bonds is 3. The Kier molecular flexibility index (Phi) is 4.69. The number of nitrogens with one attached hydrogen (secondary N) is 1. The Morgan fingerprint density at radius 1 is 1.20 bits per heavy atom. The van der Waals surface area contributed by atoms with Gasteiger partial charge in [0.1, 0.15) is 28.8 Å². The number of anilines is 1. The summed E-state index contributed by atoms with van der Waals surface area (Å²) in [6.07, 6.45) is 1.28. The van der Waals surface area contributed by atoms with Crippen LogP contribution in [0, 0.1) is 17.5 Å². The van der Waals surface area contributed by atoms with Crippen LogP contribution in [0.25, 0.3) is 0 Å². The van der Waals surface area contributed by atoms with Crippen LogP contribution in [0.3, 0.4) is 0 Å². The van der Waals surface area contributed by atoms with E-state index in [0.717, 1.165) is 12.3 Å². The molecule has 7 nitrogen and oxygen atoms in total. The molecule has 0 radical (unpaired) electrons. The van der Waals surface area contributed by atoms with Crippen LogP contribution in [-0.4, -0.2) is 21.5 Å². The highest BCUT2D eigenvalue weighted by molar-refractivity contribution is 5.97. The average molecular weight is 415 g/mol. The van der Waals surface area contributed by atoms with Gasteiger partial charge in [-0.3, -0.25) is 10.3 Å². The van der Waals surface area contributed by atoms with E-state index in [4.69, 9.17) is 10.5 Å². The van der Waals surface area contributed by atoms with E-state index in [9.17, 15) is 18.0 Å². The molecular weight excluding hydrogens is 399 g/mol. The topological polar surface area (TPSA) is 94.5 Å². The second kappa shape index (κ2) is 7.21. The van der Waals surface area contributed by atoms with Gasteiger partial charge in [0, 0.05) is 29.6 Å². The fourth-order valence-corrected chi connectivity index (χ4v) is 3.33. The number of halogens is 3. The van der Waals surface area contributed by atoms with E-state index in [2.05, 4.69) is 15.3 Å². The molecule has 1 amide bonds. The van der Waals surface area contributed by atoms with E-state index < -0.39 is 29.1 Å². The maximum Gasteiger partial charge on any atom is 0.418 e. The highest BCUT2D eigenvalue weighted by Crippen LogP contribution is 2.35. The summed E-state index contributed by atoms with van der Waals surface area (Å²) in [5.41, 5.74) is 5.62. The molecule has 0 saturated carbocycles. The van der Waals surface area contributed by atoms with Crippen LogP contribution in [0.1, 0.15) is 18.2 Å². The minimum Gasteiger partial charge on any atom is -0.391 e. The van der Waals surface area contributed by atoms with Gasteiger partial charge in [-0.1, -0.05) is 0 Å². The van der Waals surface area contributed by atoms with E-state index in [1.807, 2.05) is 0 Å². The summed E-state index contributed by atoms with van der Waals surface area (Å²) < 4.78 is 47.7. The number of carbonyl (C=O) groups excluding carboxylic acids is 1. The summed E-state index contributed by atoms with van der Waals surface area (Å²) in [6, 6.07) is 7.46. The molecule has 3 heterocycles. The second-order valence-electron chi connectivity index (χ2n) is 6.97. The first-order chi connectivity index (χ1) is 14.2. The van der Waals surface area contributed by atoms with Gasteiger partial charge in [-0.2, -0.15) is 0 Å². The summed E-state index contributed by atoms with van der Waals surface area (Å²) in [5.74, 6) is -1.64. The van der Waals surface area contributed by atoms with Crippen molar-refractivity contribution in [1.82, 2.24) is 9.55 Å². The zero-order chi connectivity index (χ0) is 21.5. The Morgan fingerprint density at radius 2 is 2.00 bits per heavy atom. The Labute approximate surface area is 169 Å². The van der Waals surface area contributed by atoms with Crippen molar-refractivity contribution in [2.24, 2.45) is 10.7 Å². The highest BCUT2D eigenvalue weighted by Gasteiger charge is 2.35. The van der Waals surface area contributed by atoms with Gasteiger partial charge in [-0.05, 0) is 31.2 Å². The van der Waals surface area contributed by atoms with Crippen molar-refractivity contribution in [2.45, 2.75) is 19.0 Å². The number of fused-ring (bicyclic) bond motifs is 1. The van der Waals surface area contributed by atoms with Gasteiger partial charge in [0.25, 0.3) is 0 Å². The van der Waals surface area contributed by atoms with Gasteiger partial charge in [-0.15, -0.1) is 0 Å². The molecule has 0 aliphatic carbocycles. The van der Waals surface area contributed by atoms with E-state index in [1.54, 1.807) is 11.5 Å². The molecule has 0 unspecified atom stereocenters. The number of amidine groups is 1. The Balaban J connectivity index is 1.58. The number of aliphatic imine (C=N–C) groups is 1. The molecule has 0 bridgehead atoms. The lowest BCUT2D eigenvalue weighted by molar-refractivity contribution is 0.213. The van der Waals surface area contributed by atoms with Crippen LogP contribution in [0.5, 0.6) is 5.88 Å². The van der Waals surface area contributed by atoms with Gasteiger partial charge in [0.15, 0.2) is 0 Å². The van der Waals surface area contributed by atoms with Crippen LogP contribution in [-0.2, 0) is 12.1 Å². The Hall–Kier alpha value is -3.82. The summed E-state index contributed by atoms with van der Waals surface area (Å²) in [7, 11) is 0. The van der Waals surface area contributed by atoms with Crippen molar-refractivity contribution >= 4 is 17.6 Å². The molecule has 30 heavy (non-hydrogen) atoms. The summed E-state index contributed by atoms with van der Waals surface area (Å²) >= 11 is 0. The van der Waals surface area contributed by atoms with Crippen LogP contribution in [0.15, 0.2) is 53.8 Å². The number of nitrogens with zero attached hydrogens (tertiary/aromatic N) is 3. The van der Waals surface area contributed by atoms with Crippen LogP contribution >= 0.6 is 0 Å². The highest BCUT2D eigenvalue weighted by atomic mass is 19.1. The molecule has 2 aromatic heterocycles. The molecule has 3 aromatic rings. The molecular formula is C20H16F3N5O2. The first kappa shape index (κ1) is 19.5. The number of hydrogen-bond donors (Lipinski definition) is 2. The maximum atomic E-state index is 14.6. The van der Waals surface area contributed by atoms with Crippen molar-refractivity contribution in [3.63, 3.8) is 0 Å². The number of amides is 1. The third kappa shape index (κ3) is 3.71. The van der Waals surface area contributed by atoms with Crippen LogP contribution in [0.2, 0.25) is 0 Å². The van der Waals surface area contributed by atoms with E-state index in [0.29, 0.717) is 5.69 Å².